The van der Waals surface area contributed by atoms with E-state index in [9.17, 15) is 9.90 Å². The van der Waals surface area contributed by atoms with Gasteiger partial charge in [-0.25, -0.2) is 9.78 Å². The normalized spacial score (nSPS) is 15.5. The largest absolute Gasteiger partial charge is 0.478 e. The van der Waals surface area contributed by atoms with E-state index in [1.165, 1.54) is 25.9 Å². The highest BCUT2D eigenvalue weighted by Crippen LogP contribution is 2.18. The number of aryl methyl sites for hydroxylation is 2. The lowest BCUT2D eigenvalue weighted by molar-refractivity contribution is 0.0697. The van der Waals surface area contributed by atoms with Crippen LogP contribution in [0.3, 0.4) is 0 Å². The molecule has 2 heterocycles. The molecule has 0 spiro atoms. The quantitative estimate of drug-likeness (QED) is 0.781. The Balaban J connectivity index is 1.92. The summed E-state index contributed by atoms with van der Waals surface area (Å²) in [5.74, 6) is -0.423. The van der Waals surface area contributed by atoms with Crippen molar-refractivity contribution in [2.75, 3.05) is 31.5 Å². The maximum Gasteiger partial charge on any atom is 0.339 e. The van der Waals surface area contributed by atoms with Gasteiger partial charge in [0.1, 0.15) is 11.4 Å². The predicted octanol–water partition coefficient (Wildman–Crippen LogP) is 2.29. The number of carboxylic acids is 1. The van der Waals surface area contributed by atoms with E-state index < -0.39 is 5.97 Å². The number of carbonyl (C=O) groups is 1. The van der Waals surface area contributed by atoms with Crippen LogP contribution in [0.2, 0.25) is 0 Å². The monoisotopic (exact) mass is 277 g/mol. The highest BCUT2D eigenvalue weighted by Gasteiger charge is 2.15. The Bertz CT molecular complexity index is 482. The third kappa shape index (κ3) is 3.70. The van der Waals surface area contributed by atoms with Crippen LogP contribution in [0.25, 0.3) is 0 Å². The number of carboxylic acid groups (broad SMARTS) is 1. The van der Waals surface area contributed by atoms with Crippen molar-refractivity contribution in [3.63, 3.8) is 0 Å². The van der Waals surface area contributed by atoms with Gasteiger partial charge in [-0.1, -0.05) is 0 Å². The Morgan fingerprint density at radius 2 is 2.10 bits per heavy atom. The van der Waals surface area contributed by atoms with Crippen LogP contribution in [-0.2, 0) is 0 Å². The van der Waals surface area contributed by atoms with Crippen LogP contribution in [0, 0.1) is 13.8 Å². The first kappa shape index (κ1) is 14.8. The van der Waals surface area contributed by atoms with Crippen LogP contribution in [0.4, 0.5) is 5.82 Å². The molecule has 0 aliphatic carbocycles. The molecule has 20 heavy (non-hydrogen) atoms. The van der Waals surface area contributed by atoms with E-state index in [0.717, 1.165) is 30.8 Å². The molecule has 2 N–H and O–H groups in total. The summed E-state index contributed by atoms with van der Waals surface area (Å²) < 4.78 is 0. The Kier molecular flexibility index (Phi) is 4.95. The summed E-state index contributed by atoms with van der Waals surface area (Å²) in [5.41, 5.74) is 1.89. The molecule has 1 saturated heterocycles. The van der Waals surface area contributed by atoms with Crippen molar-refractivity contribution in [1.82, 2.24) is 9.88 Å². The average molecular weight is 277 g/mol. The van der Waals surface area contributed by atoms with Gasteiger partial charge in [0, 0.05) is 12.2 Å². The van der Waals surface area contributed by atoms with Gasteiger partial charge in [-0.3, -0.25) is 0 Å². The molecule has 2 rings (SSSR count). The van der Waals surface area contributed by atoms with Crippen molar-refractivity contribution >= 4 is 11.8 Å². The van der Waals surface area contributed by atoms with E-state index in [1.54, 1.807) is 6.07 Å². The lowest BCUT2D eigenvalue weighted by atomic mass is 10.1. The highest BCUT2D eigenvalue weighted by molar-refractivity contribution is 5.94. The molecular formula is C15H23N3O2. The van der Waals surface area contributed by atoms with E-state index in [-0.39, 0.29) is 5.56 Å². The summed E-state index contributed by atoms with van der Waals surface area (Å²) in [6.07, 6.45) is 3.61. The van der Waals surface area contributed by atoms with Gasteiger partial charge in [0.2, 0.25) is 0 Å². The zero-order chi connectivity index (χ0) is 14.5. The minimum absolute atomic E-state index is 0.289. The number of pyridine rings is 1. The standard InChI is InChI=1S/C15H23N3O2/c1-11-10-12(2)17-14(13(11)15(19)20)16-6-5-9-18-7-3-4-8-18/h10H,3-9H2,1-2H3,(H,16,17)(H,19,20). The second kappa shape index (κ2) is 6.70. The molecule has 1 aliphatic rings. The average Bonchev–Trinajstić information content (AvgIpc) is 2.86. The maximum atomic E-state index is 11.3. The van der Waals surface area contributed by atoms with Crippen molar-refractivity contribution in [3.05, 3.63) is 22.9 Å². The number of hydrogen-bond acceptors (Lipinski definition) is 4. The first-order valence-electron chi connectivity index (χ1n) is 7.25. The molecule has 0 radical (unpaired) electrons. The number of hydrogen-bond donors (Lipinski definition) is 2. The van der Waals surface area contributed by atoms with E-state index in [1.807, 2.05) is 13.8 Å². The topological polar surface area (TPSA) is 65.5 Å². The molecule has 1 aromatic heterocycles. The van der Waals surface area contributed by atoms with Gasteiger partial charge in [-0.15, -0.1) is 0 Å². The first-order valence-corrected chi connectivity index (χ1v) is 7.25. The second-order valence-corrected chi connectivity index (χ2v) is 5.44. The summed E-state index contributed by atoms with van der Waals surface area (Å²) in [7, 11) is 0. The lowest BCUT2D eigenvalue weighted by Crippen LogP contribution is -2.23. The van der Waals surface area contributed by atoms with Gasteiger partial charge in [0.15, 0.2) is 0 Å². The van der Waals surface area contributed by atoms with Crippen LogP contribution in [0.1, 0.15) is 40.9 Å². The molecule has 0 unspecified atom stereocenters. The van der Waals surface area contributed by atoms with Crippen molar-refractivity contribution < 1.29 is 9.90 Å². The molecule has 5 heteroatoms. The Hall–Kier alpha value is -1.62. The van der Waals surface area contributed by atoms with Gasteiger partial charge in [-0.2, -0.15) is 0 Å². The minimum atomic E-state index is -0.919. The van der Waals surface area contributed by atoms with Crippen molar-refractivity contribution in [2.24, 2.45) is 0 Å². The third-order valence-corrected chi connectivity index (χ3v) is 3.70. The predicted molar refractivity (Wildman–Crippen MR) is 79.5 cm³/mol. The van der Waals surface area contributed by atoms with Gasteiger partial charge < -0.3 is 15.3 Å². The molecule has 110 valence electrons. The summed E-state index contributed by atoms with van der Waals surface area (Å²) in [4.78, 5) is 18.1. The third-order valence-electron chi connectivity index (χ3n) is 3.70. The van der Waals surface area contributed by atoms with Crippen LogP contribution in [0.15, 0.2) is 6.07 Å². The lowest BCUT2D eigenvalue weighted by Gasteiger charge is -2.15. The molecule has 5 nitrogen and oxygen atoms in total. The minimum Gasteiger partial charge on any atom is -0.478 e. The van der Waals surface area contributed by atoms with Crippen LogP contribution in [0.5, 0.6) is 0 Å². The number of rotatable bonds is 6. The molecule has 1 fully saturated rings. The molecule has 1 aliphatic heterocycles. The molecule has 1 aromatic rings. The van der Waals surface area contributed by atoms with Gasteiger partial charge in [0.05, 0.1) is 0 Å². The first-order chi connectivity index (χ1) is 9.58. The van der Waals surface area contributed by atoms with Crippen LogP contribution in [-0.4, -0.2) is 47.1 Å². The molecule has 0 amide bonds. The highest BCUT2D eigenvalue weighted by atomic mass is 16.4. The van der Waals surface area contributed by atoms with Crippen molar-refractivity contribution in [2.45, 2.75) is 33.1 Å². The number of aromatic carboxylic acids is 1. The van der Waals surface area contributed by atoms with E-state index in [4.69, 9.17) is 0 Å². The smallest absolute Gasteiger partial charge is 0.339 e. The van der Waals surface area contributed by atoms with Crippen molar-refractivity contribution in [3.8, 4) is 0 Å². The van der Waals surface area contributed by atoms with Gasteiger partial charge in [-0.05, 0) is 64.4 Å². The summed E-state index contributed by atoms with van der Waals surface area (Å²) in [6, 6.07) is 1.80. The fourth-order valence-electron chi connectivity index (χ4n) is 2.75. The SMILES string of the molecule is Cc1cc(C)c(C(=O)O)c(NCCCN2CCCC2)n1. The Labute approximate surface area is 120 Å². The van der Waals surface area contributed by atoms with Crippen LogP contribution >= 0.6 is 0 Å². The zero-order valence-corrected chi connectivity index (χ0v) is 12.3. The molecule has 0 saturated carbocycles. The van der Waals surface area contributed by atoms with Crippen LogP contribution < -0.4 is 5.32 Å². The summed E-state index contributed by atoms with van der Waals surface area (Å²) in [6.45, 7) is 7.92. The van der Waals surface area contributed by atoms with E-state index in [0.29, 0.717) is 5.82 Å². The number of aromatic nitrogens is 1. The van der Waals surface area contributed by atoms with Crippen molar-refractivity contribution in [1.29, 1.82) is 0 Å². The fourth-order valence-corrected chi connectivity index (χ4v) is 2.75. The number of anilines is 1. The molecular weight excluding hydrogens is 254 g/mol. The fraction of sp³-hybridized carbons (Fsp3) is 0.600. The zero-order valence-electron chi connectivity index (χ0n) is 12.3. The van der Waals surface area contributed by atoms with E-state index in [2.05, 4.69) is 15.2 Å². The Morgan fingerprint density at radius 1 is 1.40 bits per heavy atom. The van der Waals surface area contributed by atoms with Gasteiger partial charge in [0.25, 0.3) is 0 Å². The molecule has 0 aromatic carbocycles. The second-order valence-electron chi connectivity index (χ2n) is 5.44. The number of likely N-dealkylation sites (tertiary alicyclic amines) is 1. The number of nitrogens with one attached hydrogen (secondary N) is 1. The van der Waals surface area contributed by atoms with E-state index >= 15 is 0 Å². The maximum absolute atomic E-state index is 11.3. The summed E-state index contributed by atoms with van der Waals surface area (Å²) in [5, 5.41) is 12.5. The molecule has 0 bridgehead atoms. The number of nitrogens with zero attached hydrogens (tertiary/aromatic N) is 2. The Morgan fingerprint density at radius 3 is 2.75 bits per heavy atom. The molecule has 0 atom stereocenters. The summed E-state index contributed by atoms with van der Waals surface area (Å²) >= 11 is 0. The van der Waals surface area contributed by atoms with Gasteiger partial charge >= 0.3 is 5.97 Å².